The highest BCUT2D eigenvalue weighted by atomic mass is 16.6. The third kappa shape index (κ3) is 6.78. The summed E-state index contributed by atoms with van der Waals surface area (Å²) in [4.78, 5) is 26.8. The average molecular weight is 391 g/mol. The van der Waals surface area contributed by atoms with Crippen molar-refractivity contribution >= 4 is 12.0 Å². The van der Waals surface area contributed by atoms with Crippen LogP contribution in [0.1, 0.15) is 62.6 Å². The molecule has 0 bridgehead atoms. The van der Waals surface area contributed by atoms with Crippen LogP contribution < -0.4 is 5.32 Å². The minimum absolute atomic E-state index is 0.301. The van der Waals surface area contributed by atoms with E-state index in [2.05, 4.69) is 22.6 Å². The molecule has 0 aliphatic heterocycles. The highest BCUT2D eigenvalue weighted by molar-refractivity contribution is 6.02. The van der Waals surface area contributed by atoms with E-state index in [0.29, 0.717) is 24.6 Å². The first-order valence-corrected chi connectivity index (χ1v) is 10.1. The van der Waals surface area contributed by atoms with Gasteiger partial charge in [0.05, 0.1) is 5.69 Å². The minimum Gasteiger partial charge on any atom is -0.443 e. The van der Waals surface area contributed by atoms with Gasteiger partial charge in [-0.15, -0.1) is 0 Å². The highest BCUT2D eigenvalue weighted by Crippen LogP contribution is 2.17. The van der Waals surface area contributed by atoms with Gasteiger partial charge < -0.3 is 10.1 Å². The van der Waals surface area contributed by atoms with Crippen molar-refractivity contribution in [2.24, 2.45) is 13.0 Å². The maximum atomic E-state index is 13.0. The van der Waals surface area contributed by atoms with Gasteiger partial charge in [-0.25, -0.2) is 9.69 Å². The quantitative estimate of drug-likeness (QED) is 0.570. The fourth-order valence-corrected chi connectivity index (χ4v) is 3.25. The summed E-state index contributed by atoms with van der Waals surface area (Å²) in [6.45, 7) is 9.21. The molecule has 1 unspecified atom stereocenters. The maximum Gasteiger partial charge on any atom is 0.417 e. The van der Waals surface area contributed by atoms with Gasteiger partial charge in [0.2, 0.25) is 0 Å². The van der Waals surface area contributed by atoms with Crippen LogP contribution in [-0.4, -0.2) is 51.9 Å². The van der Waals surface area contributed by atoms with Gasteiger partial charge in [-0.1, -0.05) is 12.2 Å². The molecule has 0 fully saturated rings. The summed E-state index contributed by atoms with van der Waals surface area (Å²) in [7, 11) is 1.70. The van der Waals surface area contributed by atoms with Crippen molar-refractivity contribution in [3.05, 3.63) is 29.6 Å². The Morgan fingerprint density at radius 2 is 2.11 bits per heavy atom. The van der Waals surface area contributed by atoms with E-state index in [9.17, 15) is 9.59 Å². The van der Waals surface area contributed by atoms with Gasteiger partial charge in [-0.2, -0.15) is 5.10 Å². The molecule has 0 saturated carbocycles. The molecule has 7 nitrogen and oxygen atoms in total. The first-order chi connectivity index (χ1) is 13.2. The zero-order chi connectivity index (χ0) is 20.7. The van der Waals surface area contributed by atoms with Crippen LogP contribution in [-0.2, 0) is 11.8 Å². The number of rotatable bonds is 7. The van der Waals surface area contributed by atoms with E-state index in [0.717, 1.165) is 31.6 Å². The molecule has 0 saturated heterocycles. The van der Waals surface area contributed by atoms with Crippen molar-refractivity contribution in [2.75, 3.05) is 19.6 Å². The molecule has 1 aromatic rings. The van der Waals surface area contributed by atoms with Crippen molar-refractivity contribution in [1.29, 1.82) is 0 Å². The first-order valence-electron chi connectivity index (χ1n) is 10.1. The lowest BCUT2D eigenvalue weighted by Crippen LogP contribution is -2.42. The molecule has 156 valence electrons. The molecule has 7 heteroatoms. The van der Waals surface area contributed by atoms with Crippen LogP contribution in [0.2, 0.25) is 0 Å². The number of allylic oxidation sites excluding steroid dienone is 2. The second-order valence-corrected chi connectivity index (χ2v) is 8.44. The van der Waals surface area contributed by atoms with Crippen molar-refractivity contribution < 1.29 is 14.3 Å². The summed E-state index contributed by atoms with van der Waals surface area (Å²) in [5.74, 6) is 0.292. The fourth-order valence-electron chi connectivity index (χ4n) is 3.25. The number of aryl methyl sites for hydroxylation is 2. The maximum absolute atomic E-state index is 13.0. The smallest absolute Gasteiger partial charge is 0.417 e. The lowest BCUT2D eigenvalue weighted by molar-refractivity contribution is 0.0236. The number of amides is 2. The average Bonchev–Trinajstić information content (AvgIpc) is 2.95. The van der Waals surface area contributed by atoms with E-state index < -0.39 is 11.7 Å². The molecule has 1 aromatic heterocycles. The Bertz CT molecular complexity index is 703. The Hall–Kier alpha value is -2.15. The zero-order valence-corrected chi connectivity index (χ0v) is 17.8. The van der Waals surface area contributed by atoms with Crippen LogP contribution in [0.4, 0.5) is 4.79 Å². The van der Waals surface area contributed by atoms with Gasteiger partial charge in [0, 0.05) is 13.6 Å². The van der Waals surface area contributed by atoms with E-state index in [1.807, 2.05) is 6.92 Å². The number of carbonyl (C=O) groups is 2. The highest BCUT2D eigenvalue weighted by Gasteiger charge is 2.29. The van der Waals surface area contributed by atoms with Crippen LogP contribution >= 0.6 is 0 Å². The number of aromatic nitrogens is 2. The van der Waals surface area contributed by atoms with Gasteiger partial charge in [0.1, 0.15) is 11.3 Å². The number of imide groups is 1. The SMILES string of the molecule is Cc1cc(C(=O)N(CCCNCC2CC=CCC2)C(=O)OC(C)(C)C)n(C)n1. The van der Waals surface area contributed by atoms with Gasteiger partial charge in [0.15, 0.2) is 0 Å². The Morgan fingerprint density at radius 3 is 2.68 bits per heavy atom. The molecule has 1 N–H and O–H groups in total. The van der Waals surface area contributed by atoms with Crippen LogP contribution in [0, 0.1) is 12.8 Å². The lowest BCUT2D eigenvalue weighted by Gasteiger charge is -2.26. The first kappa shape index (κ1) is 22.1. The molecule has 2 amide bonds. The number of carbonyl (C=O) groups excluding carboxylic acids is 2. The standard InChI is InChI=1S/C21H34N4O3/c1-16-14-18(24(5)23-16)19(26)25(20(27)28-21(2,3)4)13-9-12-22-15-17-10-7-6-8-11-17/h6-7,14,17,22H,8-13,15H2,1-5H3. The van der Waals surface area contributed by atoms with Gasteiger partial charge in [-0.05, 0) is 78.5 Å². The van der Waals surface area contributed by atoms with Crippen molar-refractivity contribution in [2.45, 2.75) is 59.0 Å². The van der Waals surface area contributed by atoms with Crippen LogP contribution in [0.5, 0.6) is 0 Å². The molecular weight excluding hydrogens is 356 g/mol. The van der Waals surface area contributed by atoms with E-state index in [1.54, 1.807) is 33.9 Å². The van der Waals surface area contributed by atoms with Gasteiger partial charge in [0.25, 0.3) is 5.91 Å². The molecule has 1 aliphatic carbocycles. The summed E-state index contributed by atoms with van der Waals surface area (Å²) < 4.78 is 6.95. The van der Waals surface area contributed by atoms with E-state index >= 15 is 0 Å². The van der Waals surface area contributed by atoms with Crippen molar-refractivity contribution in [1.82, 2.24) is 20.0 Å². The van der Waals surface area contributed by atoms with Crippen LogP contribution in [0.15, 0.2) is 18.2 Å². The number of hydrogen-bond acceptors (Lipinski definition) is 5. The molecule has 2 rings (SSSR count). The predicted octanol–water partition coefficient (Wildman–Crippen LogP) is 3.44. The molecule has 0 aromatic carbocycles. The number of nitrogens with one attached hydrogen (secondary N) is 1. The van der Waals surface area contributed by atoms with Gasteiger partial charge >= 0.3 is 6.09 Å². The molecular formula is C21H34N4O3. The lowest BCUT2D eigenvalue weighted by atomic mass is 9.94. The number of ether oxygens (including phenoxy) is 1. The predicted molar refractivity (Wildman–Crippen MR) is 109 cm³/mol. The summed E-state index contributed by atoms with van der Waals surface area (Å²) >= 11 is 0. The monoisotopic (exact) mass is 390 g/mol. The van der Waals surface area contributed by atoms with Crippen molar-refractivity contribution in [3.63, 3.8) is 0 Å². The molecule has 28 heavy (non-hydrogen) atoms. The number of nitrogens with zero attached hydrogens (tertiary/aromatic N) is 3. The Kier molecular flexibility index (Phi) is 7.80. The van der Waals surface area contributed by atoms with E-state index in [1.165, 1.54) is 16.0 Å². The second-order valence-electron chi connectivity index (χ2n) is 8.44. The summed E-state index contributed by atoms with van der Waals surface area (Å²) in [6, 6.07) is 1.69. The Balaban J connectivity index is 1.94. The molecule has 1 atom stereocenters. The topological polar surface area (TPSA) is 76.5 Å². The normalized spacial score (nSPS) is 16.8. The molecule has 0 spiro atoms. The van der Waals surface area contributed by atoms with Crippen LogP contribution in [0.3, 0.4) is 0 Å². The van der Waals surface area contributed by atoms with E-state index in [-0.39, 0.29) is 5.91 Å². The summed E-state index contributed by atoms with van der Waals surface area (Å²) in [6.07, 6.45) is 8.02. The third-order valence-electron chi connectivity index (χ3n) is 4.63. The van der Waals surface area contributed by atoms with Gasteiger partial charge in [-0.3, -0.25) is 9.48 Å². The zero-order valence-electron chi connectivity index (χ0n) is 17.8. The Morgan fingerprint density at radius 1 is 1.36 bits per heavy atom. The molecule has 0 radical (unpaired) electrons. The summed E-state index contributed by atoms with van der Waals surface area (Å²) in [5.41, 5.74) is 0.452. The summed E-state index contributed by atoms with van der Waals surface area (Å²) in [5, 5.41) is 7.66. The minimum atomic E-state index is -0.662. The second kappa shape index (κ2) is 9.87. The third-order valence-corrected chi connectivity index (χ3v) is 4.63. The number of hydrogen-bond donors (Lipinski definition) is 1. The van der Waals surface area contributed by atoms with Crippen LogP contribution in [0.25, 0.3) is 0 Å². The van der Waals surface area contributed by atoms with Crippen molar-refractivity contribution in [3.8, 4) is 0 Å². The fraction of sp³-hybridized carbons (Fsp3) is 0.667. The largest absolute Gasteiger partial charge is 0.443 e. The van der Waals surface area contributed by atoms with E-state index in [4.69, 9.17) is 4.74 Å². The Labute approximate surface area is 168 Å². The molecule has 1 aliphatic rings. The molecule has 1 heterocycles.